The normalized spacial score (nSPS) is 11.3. The summed E-state index contributed by atoms with van der Waals surface area (Å²) >= 11 is 0. The minimum Gasteiger partial charge on any atom is -0.478 e. The summed E-state index contributed by atoms with van der Waals surface area (Å²) in [5, 5.41) is 25.7. The summed E-state index contributed by atoms with van der Waals surface area (Å²) in [6.45, 7) is 0. The minimum atomic E-state index is -1.05. The van der Waals surface area contributed by atoms with Crippen LogP contribution in [0, 0.1) is 11.3 Å². The highest BCUT2D eigenvalue weighted by atomic mass is 16.4. The quantitative estimate of drug-likeness (QED) is 0.670. The van der Waals surface area contributed by atoms with E-state index in [4.69, 9.17) is 5.26 Å². The van der Waals surface area contributed by atoms with Crippen LogP contribution < -0.4 is 0 Å². The zero-order valence-corrected chi connectivity index (χ0v) is 11.7. The van der Waals surface area contributed by atoms with Gasteiger partial charge in [-0.3, -0.25) is 0 Å². The highest BCUT2D eigenvalue weighted by Crippen LogP contribution is 2.13. The summed E-state index contributed by atoms with van der Waals surface area (Å²) in [5.74, 6) is -1.05. The molecule has 0 aliphatic carbocycles. The van der Waals surface area contributed by atoms with Gasteiger partial charge in [0.15, 0.2) is 0 Å². The SMILES string of the molecule is N#Cc1ccc(CC(=CN=Nc2ccccc2)C(=O)O)cc1. The van der Waals surface area contributed by atoms with Crippen molar-refractivity contribution in [1.82, 2.24) is 0 Å². The van der Waals surface area contributed by atoms with Crippen molar-refractivity contribution >= 4 is 11.7 Å². The number of rotatable bonds is 5. The Balaban J connectivity index is 2.12. The Hall–Kier alpha value is -3.26. The second-order valence-corrected chi connectivity index (χ2v) is 4.50. The van der Waals surface area contributed by atoms with Gasteiger partial charge in [0.05, 0.1) is 29.1 Å². The lowest BCUT2D eigenvalue weighted by molar-refractivity contribution is -0.132. The van der Waals surface area contributed by atoms with E-state index in [-0.39, 0.29) is 12.0 Å². The molecule has 2 aromatic rings. The number of azo groups is 1. The zero-order chi connectivity index (χ0) is 15.8. The molecule has 108 valence electrons. The van der Waals surface area contributed by atoms with E-state index in [1.165, 1.54) is 6.20 Å². The maximum absolute atomic E-state index is 11.2. The Bertz CT molecular complexity index is 742. The molecule has 0 fully saturated rings. The summed E-state index contributed by atoms with van der Waals surface area (Å²) in [5.41, 5.74) is 2.11. The fraction of sp³-hybridized carbons (Fsp3) is 0.0588. The molecule has 0 saturated carbocycles. The van der Waals surface area contributed by atoms with Crippen molar-refractivity contribution in [2.24, 2.45) is 10.2 Å². The predicted octanol–water partition coefficient (Wildman–Crippen LogP) is 3.85. The molecule has 0 aromatic heterocycles. The fourth-order valence-corrected chi connectivity index (χ4v) is 1.75. The number of benzene rings is 2. The van der Waals surface area contributed by atoms with Gasteiger partial charge in [-0.1, -0.05) is 30.3 Å². The highest BCUT2D eigenvalue weighted by Gasteiger charge is 2.08. The molecule has 5 heteroatoms. The van der Waals surface area contributed by atoms with Gasteiger partial charge in [-0.05, 0) is 29.8 Å². The molecule has 1 N–H and O–H groups in total. The van der Waals surface area contributed by atoms with Crippen LogP contribution in [0.1, 0.15) is 11.1 Å². The van der Waals surface area contributed by atoms with Crippen molar-refractivity contribution in [3.8, 4) is 6.07 Å². The first-order valence-corrected chi connectivity index (χ1v) is 6.56. The van der Waals surface area contributed by atoms with Gasteiger partial charge in [0.25, 0.3) is 0 Å². The van der Waals surface area contributed by atoms with E-state index in [1.807, 2.05) is 24.3 Å². The Morgan fingerprint density at radius 3 is 2.41 bits per heavy atom. The fourth-order valence-electron chi connectivity index (χ4n) is 1.75. The van der Waals surface area contributed by atoms with Crippen LogP contribution in [0.2, 0.25) is 0 Å². The Kier molecular flexibility index (Phi) is 5.16. The van der Waals surface area contributed by atoms with Crippen LogP contribution >= 0.6 is 0 Å². The monoisotopic (exact) mass is 291 g/mol. The molecule has 0 saturated heterocycles. The van der Waals surface area contributed by atoms with Gasteiger partial charge >= 0.3 is 5.97 Å². The molecule has 2 rings (SSSR count). The van der Waals surface area contributed by atoms with E-state index in [0.29, 0.717) is 11.3 Å². The molecular formula is C17H13N3O2. The molecule has 0 unspecified atom stereocenters. The van der Waals surface area contributed by atoms with Crippen molar-refractivity contribution in [1.29, 1.82) is 5.26 Å². The van der Waals surface area contributed by atoms with Gasteiger partial charge in [0.2, 0.25) is 0 Å². The van der Waals surface area contributed by atoms with Crippen molar-refractivity contribution in [3.63, 3.8) is 0 Å². The molecule has 0 amide bonds. The summed E-state index contributed by atoms with van der Waals surface area (Å²) in [6, 6.07) is 17.8. The molecule has 0 bridgehead atoms. The molecule has 0 radical (unpaired) electrons. The van der Waals surface area contributed by atoms with E-state index < -0.39 is 5.97 Å². The summed E-state index contributed by atoms with van der Waals surface area (Å²) in [7, 11) is 0. The molecule has 0 heterocycles. The number of carbonyl (C=O) groups is 1. The molecule has 22 heavy (non-hydrogen) atoms. The molecular weight excluding hydrogens is 278 g/mol. The van der Waals surface area contributed by atoms with Crippen molar-refractivity contribution in [3.05, 3.63) is 77.5 Å². The van der Waals surface area contributed by atoms with Crippen LogP contribution in [-0.4, -0.2) is 11.1 Å². The predicted molar refractivity (Wildman–Crippen MR) is 81.5 cm³/mol. The summed E-state index contributed by atoms with van der Waals surface area (Å²) in [6.07, 6.45) is 1.46. The van der Waals surface area contributed by atoms with Gasteiger partial charge in [-0.2, -0.15) is 15.5 Å². The van der Waals surface area contributed by atoms with Crippen LogP contribution in [0.3, 0.4) is 0 Å². The number of nitrogens with zero attached hydrogens (tertiary/aromatic N) is 3. The van der Waals surface area contributed by atoms with E-state index in [0.717, 1.165) is 5.56 Å². The van der Waals surface area contributed by atoms with Crippen molar-refractivity contribution in [2.45, 2.75) is 6.42 Å². The number of carboxylic acid groups (broad SMARTS) is 1. The summed E-state index contributed by atoms with van der Waals surface area (Å²) in [4.78, 5) is 11.2. The largest absolute Gasteiger partial charge is 0.478 e. The zero-order valence-electron chi connectivity index (χ0n) is 11.7. The van der Waals surface area contributed by atoms with Gasteiger partial charge in [0.1, 0.15) is 0 Å². The minimum absolute atomic E-state index is 0.129. The molecule has 0 aliphatic heterocycles. The Labute approximate surface area is 127 Å². The first-order valence-electron chi connectivity index (χ1n) is 6.56. The lowest BCUT2D eigenvalue weighted by Gasteiger charge is -2.01. The summed E-state index contributed by atoms with van der Waals surface area (Å²) < 4.78 is 0. The average Bonchev–Trinajstić information content (AvgIpc) is 2.55. The van der Waals surface area contributed by atoms with Gasteiger partial charge in [-0.25, -0.2) is 4.79 Å². The van der Waals surface area contributed by atoms with E-state index in [2.05, 4.69) is 10.2 Å². The molecule has 5 nitrogen and oxygen atoms in total. The van der Waals surface area contributed by atoms with Gasteiger partial charge < -0.3 is 5.11 Å². The number of carboxylic acids is 1. The topological polar surface area (TPSA) is 85.8 Å². The van der Waals surface area contributed by atoms with Crippen molar-refractivity contribution < 1.29 is 9.90 Å². The number of hydrogen-bond acceptors (Lipinski definition) is 4. The molecule has 2 aromatic carbocycles. The standard InChI is InChI=1S/C17H13N3O2/c18-11-14-8-6-13(7-9-14)10-15(17(21)22)12-19-20-16-4-2-1-3-5-16/h1-9,12H,10H2,(H,21,22). The van der Waals surface area contributed by atoms with E-state index in [1.54, 1.807) is 36.4 Å². The van der Waals surface area contributed by atoms with Gasteiger partial charge in [0, 0.05) is 6.42 Å². The maximum Gasteiger partial charge on any atom is 0.333 e. The number of hydrogen-bond donors (Lipinski definition) is 1. The third-order valence-electron chi connectivity index (χ3n) is 2.90. The van der Waals surface area contributed by atoms with Crippen LogP contribution in [0.5, 0.6) is 0 Å². The van der Waals surface area contributed by atoms with E-state index >= 15 is 0 Å². The van der Waals surface area contributed by atoms with Gasteiger partial charge in [-0.15, -0.1) is 0 Å². The third-order valence-corrected chi connectivity index (χ3v) is 2.90. The van der Waals surface area contributed by atoms with Crippen molar-refractivity contribution in [2.75, 3.05) is 0 Å². The van der Waals surface area contributed by atoms with Crippen LogP contribution in [-0.2, 0) is 11.2 Å². The van der Waals surface area contributed by atoms with Crippen LogP contribution in [0.15, 0.2) is 76.6 Å². The first kappa shape index (κ1) is 15.1. The number of nitriles is 1. The first-order chi connectivity index (χ1) is 10.7. The lowest BCUT2D eigenvalue weighted by atomic mass is 10.0. The smallest absolute Gasteiger partial charge is 0.333 e. The Morgan fingerprint density at radius 2 is 1.82 bits per heavy atom. The highest BCUT2D eigenvalue weighted by molar-refractivity contribution is 5.87. The molecule has 0 spiro atoms. The second kappa shape index (κ2) is 7.50. The van der Waals surface area contributed by atoms with Crippen LogP contribution in [0.25, 0.3) is 0 Å². The second-order valence-electron chi connectivity index (χ2n) is 4.50. The molecule has 0 atom stereocenters. The third kappa shape index (κ3) is 4.39. The molecule has 0 aliphatic rings. The lowest BCUT2D eigenvalue weighted by Crippen LogP contribution is -2.03. The Morgan fingerprint density at radius 1 is 1.14 bits per heavy atom. The van der Waals surface area contributed by atoms with E-state index in [9.17, 15) is 9.90 Å². The number of aliphatic carboxylic acids is 1. The van der Waals surface area contributed by atoms with Crippen LogP contribution in [0.4, 0.5) is 5.69 Å². The average molecular weight is 291 g/mol. The maximum atomic E-state index is 11.2.